The van der Waals surface area contributed by atoms with E-state index in [1.54, 1.807) is 18.2 Å². The molecule has 0 aliphatic heterocycles. The average molecular weight is 339 g/mol. The monoisotopic (exact) mass is 339 g/mol. The highest BCUT2D eigenvalue weighted by Crippen LogP contribution is 2.15. The average Bonchev–Trinajstić information content (AvgIpc) is 2.56. The Morgan fingerprint density at radius 3 is 2.40 bits per heavy atom. The Hall–Kier alpha value is -3.09. The van der Waals surface area contributed by atoms with Gasteiger partial charge in [0.05, 0.1) is 12.2 Å². The van der Waals surface area contributed by atoms with Gasteiger partial charge in [-0.05, 0) is 50.2 Å². The first-order valence-corrected chi connectivity index (χ1v) is 7.91. The molecule has 7 heteroatoms. The Kier molecular flexibility index (Phi) is 4.83. The highest BCUT2D eigenvalue weighted by atomic mass is 19.1. The van der Waals surface area contributed by atoms with Gasteiger partial charge in [-0.15, -0.1) is 0 Å². The lowest BCUT2D eigenvalue weighted by Gasteiger charge is -2.09. The fourth-order valence-electron chi connectivity index (χ4n) is 2.46. The molecule has 25 heavy (non-hydrogen) atoms. The molecular weight excluding hydrogens is 321 g/mol. The van der Waals surface area contributed by atoms with Crippen LogP contribution in [0.1, 0.15) is 11.4 Å². The van der Waals surface area contributed by atoms with Crippen molar-refractivity contribution in [3.8, 4) is 11.3 Å². The van der Waals surface area contributed by atoms with Crippen LogP contribution in [0.5, 0.6) is 0 Å². The van der Waals surface area contributed by atoms with E-state index in [4.69, 9.17) is 0 Å². The largest absolute Gasteiger partial charge is 0.352 e. The zero-order valence-corrected chi connectivity index (χ0v) is 14.0. The van der Waals surface area contributed by atoms with Crippen molar-refractivity contribution in [1.82, 2.24) is 19.7 Å². The predicted molar refractivity (Wildman–Crippen MR) is 93.9 cm³/mol. The number of benzene rings is 1. The van der Waals surface area contributed by atoms with Crippen LogP contribution in [0.2, 0.25) is 0 Å². The van der Waals surface area contributed by atoms with Gasteiger partial charge >= 0.3 is 0 Å². The molecule has 6 nitrogen and oxygen atoms in total. The number of hydrogen-bond acceptors (Lipinski definition) is 5. The third-order valence-corrected chi connectivity index (χ3v) is 3.60. The van der Waals surface area contributed by atoms with Crippen molar-refractivity contribution in [2.45, 2.75) is 20.4 Å². The molecule has 0 unspecified atom stereocenters. The Morgan fingerprint density at radius 2 is 1.72 bits per heavy atom. The standard InChI is InChI=1S/C18H18FN5O/c1-12-11-13(2)22-18(21-12)20-9-10-24-17(25)8-7-16(23-24)14-3-5-15(19)6-4-14/h3-8,11H,9-10H2,1-2H3,(H,20,21,22). The van der Waals surface area contributed by atoms with Crippen LogP contribution in [-0.4, -0.2) is 26.3 Å². The topological polar surface area (TPSA) is 72.7 Å². The molecule has 0 saturated carbocycles. The quantitative estimate of drug-likeness (QED) is 0.773. The summed E-state index contributed by atoms with van der Waals surface area (Å²) >= 11 is 0. The van der Waals surface area contributed by atoms with E-state index in [2.05, 4.69) is 20.4 Å². The number of anilines is 1. The van der Waals surface area contributed by atoms with E-state index in [0.29, 0.717) is 24.7 Å². The van der Waals surface area contributed by atoms with Crippen LogP contribution >= 0.6 is 0 Å². The van der Waals surface area contributed by atoms with E-state index in [9.17, 15) is 9.18 Å². The summed E-state index contributed by atoms with van der Waals surface area (Å²) in [5.41, 5.74) is 2.92. The Bertz CT molecular complexity index is 917. The van der Waals surface area contributed by atoms with Gasteiger partial charge in [0.2, 0.25) is 5.95 Å². The SMILES string of the molecule is Cc1cc(C)nc(NCCn2nc(-c3ccc(F)cc3)ccc2=O)n1. The highest BCUT2D eigenvalue weighted by molar-refractivity contribution is 5.57. The number of nitrogens with one attached hydrogen (secondary N) is 1. The molecule has 1 N–H and O–H groups in total. The van der Waals surface area contributed by atoms with E-state index < -0.39 is 0 Å². The minimum absolute atomic E-state index is 0.200. The molecule has 0 radical (unpaired) electrons. The van der Waals surface area contributed by atoms with E-state index >= 15 is 0 Å². The lowest BCUT2D eigenvalue weighted by molar-refractivity contribution is 0.599. The van der Waals surface area contributed by atoms with Crippen LogP contribution in [0, 0.1) is 19.7 Å². The number of aromatic nitrogens is 4. The first kappa shape index (κ1) is 16.8. The normalized spacial score (nSPS) is 10.7. The Labute approximate surface area is 144 Å². The second-order valence-corrected chi connectivity index (χ2v) is 5.69. The number of aryl methyl sites for hydroxylation is 2. The Morgan fingerprint density at radius 1 is 1.04 bits per heavy atom. The maximum Gasteiger partial charge on any atom is 0.266 e. The van der Waals surface area contributed by atoms with Gasteiger partial charge in [-0.1, -0.05) is 0 Å². The second-order valence-electron chi connectivity index (χ2n) is 5.69. The lowest BCUT2D eigenvalue weighted by Crippen LogP contribution is -2.26. The zero-order valence-electron chi connectivity index (χ0n) is 14.0. The van der Waals surface area contributed by atoms with Crippen molar-refractivity contribution in [2.24, 2.45) is 0 Å². The maximum atomic E-state index is 13.0. The fraction of sp³-hybridized carbons (Fsp3) is 0.222. The number of nitrogens with zero attached hydrogens (tertiary/aromatic N) is 4. The van der Waals surface area contributed by atoms with Gasteiger partial charge in [0.25, 0.3) is 5.56 Å². The van der Waals surface area contributed by atoms with Crippen molar-refractivity contribution in [3.05, 3.63) is 70.0 Å². The van der Waals surface area contributed by atoms with Crippen molar-refractivity contribution in [2.75, 3.05) is 11.9 Å². The number of rotatable bonds is 5. The van der Waals surface area contributed by atoms with Crippen molar-refractivity contribution >= 4 is 5.95 Å². The molecule has 0 aliphatic carbocycles. The minimum Gasteiger partial charge on any atom is -0.352 e. The van der Waals surface area contributed by atoms with E-state index in [-0.39, 0.29) is 11.4 Å². The smallest absolute Gasteiger partial charge is 0.266 e. The first-order valence-electron chi connectivity index (χ1n) is 7.91. The van der Waals surface area contributed by atoms with Crippen molar-refractivity contribution in [3.63, 3.8) is 0 Å². The summed E-state index contributed by atoms with van der Waals surface area (Å²) < 4.78 is 14.4. The van der Waals surface area contributed by atoms with Gasteiger partial charge < -0.3 is 5.32 Å². The molecule has 0 bridgehead atoms. The molecule has 0 aliphatic rings. The molecule has 0 saturated heterocycles. The van der Waals surface area contributed by atoms with E-state index in [1.165, 1.54) is 22.9 Å². The Balaban J connectivity index is 1.72. The van der Waals surface area contributed by atoms with E-state index in [1.807, 2.05) is 19.9 Å². The van der Waals surface area contributed by atoms with Gasteiger partial charge in [-0.3, -0.25) is 4.79 Å². The number of hydrogen-bond donors (Lipinski definition) is 1. The van der Waals surface area contributed by atoms with Crippen LogP contribution in [0.4, 0.5) is 10.3 Å². The summed E-state index contributed by atoms with van der Waals surface area (Å²) in [6.45, 7) is 4.63. The van der Waals surface area contributed by atoms with Gasteiger partial charge in [0, 0.05) is 29.6 Å². The van der Waals surface area contributed by atoms with Crippen LogP contribution in [0.25, 0.3) is 11.3 Å². The first-order chi connectivity index (χ1) is 12.0. The molecule has 0 amide bonds. The summed E-state index contributed by atoms with van der Waals surface area (Å²) in [5.74, 6) is 0.218. The minimum atomic E-state index is -0.310. The molecule has 3 rings (SSSR count). The molecule has 0 atom stereocenters. The van der Waals surface area contributed by atoms with Crippen molar-refractivity contribution in [1.29, 1.82) is 0 Å². The highest BCUT2D eigenvalue weighted by Gasteiger charge is 2.05. The second kappa shape index (κ2) is 7.21. The predicted octanol–water partition coefficient (Wildman–Crippen LogP) is 2.57. The third-order valence-electron chi connectivity index (χ3n) is 3.60. The summed E-state index contributed by atoms with van der Waals surface area (Å²) in [4.78, 5) is 20.6. The van der Waals surface area contributed by atoms with Crippen LogP contribution < -0.4 is 10.9 Å². The molecule has 2 aromatic heterocycles. The fourth-order valence-corrected chi connectivity index (χ4v) is 2.46. The van der Waals surface area contributed by atoms with E-state index in [0.717, 1.165) is 17.0 Å². The molecule has 2 heterocycles. The summed E-state index contributed by atoms with van der Waals surface area (Å²) in [6.07, 6.45) is 0. The van der Waals surface area contributed by atoms with Gasteiger partial charge in [0.1, 0.15) is 5.82 Å². The van der Waals surface area contributed by atoms with Crippen LogP contribution in [-0.2, 0) is 6.54 Å². The molecule has 0 fully saturated rings. The molecular formula is C18H18FN5O. The molecule has 3 aromatic rings. The maximum absolute atomic E-state index is 13.0. The van der Waals surface area contributed by atoms with Gasteiger partial charge in [0.15, 0.2) is 0 Å². The summed E-state index contributed by atoms with van der Waals surface area (Å²) in [7, 11) is 0. The zero-order chi connectivity index (χ0) is 17.8. The lowest BCUT2D eigenvalue weighted by atomic mass is 10.1. The van der Waals surface area contributed by atoms with Crippen LogP contribution in [0.3, 0.4) is 0 Å². The molecule has 0 spiro atoms. The van der Waals surface area contributed by atoms with Crippen LogP contribution in [0.15, 0.2) is 47.3 Å². The third kappa shape index (κ3) is 4.26. The number of halogens is 1. The molecule has 128 valence electrons. The summed E-state index contributed by atoms with van der Waals surface area (Å²) in [6, 6.07) is 11.0. The summed E-state index contributed by atoms with van der Waals surface area (Å²) in [5, 5.41) is 7.44. The van der Waals surface area contributed by atoms with Crippen molar-refractivity contribution < 1.29 is 4.39 Å². The molecule has 1 aromatic carbocycles. The van der Waals surface area contributed by atoms with Gasteiger partial charge in [-0.25, -0.2) is 19.0 Å². The van der Waals surface area contributed by atoms with Gasteiger partial charge in [-0.2, -0.15) is 5.10 Å².